The SMILES string of the molecule is Cc1csc(N2CCN(C(=O)NCc3ccc(N4CCC(C)CC4)nc3)CC2)n1. The van der Waals surface area contributed by atoms with Gasteiger partial charge in [-0.05, 0) is 37.3 Å². The number of nitrogens with one attached hydrogen (secondary N) is 1. The Hall–Kier alpha value is -2.35. The van der Waals surface area contributed by atoms with Gasteiger partial charge in [-0.1, -0.05) is 13.0 Å². The number of rotatable bonds is 4. The van der Waals surface area contributed by atoms with Crippen LogP contribution in [0.25, 0.3) is 0 Å². The number of aromatic nitrogens is 2. The van der Waals surface area contributed by atoms with E-state index in [2.05, 4.69) is 49.5 Å². The Kier molecular flexibility index (Phi) is 6.18. The zero-order valence-corrected chi connectivity index (χ0v) is 18.1. The first-order chi connectivity index (χ1) is 14.1. The molecule has 29 heavy (non-hydrogen) atoms. The van der Waals surface area contributed by atoms with Crippen LogP contribution in [0.2, 0.25) is 0 Å². The van der Waals surface area contributed by atoms with Crippen LogP contribution in [0.5, 0.6) is 0 Å². The van der Waals surface area contributed by atoms with Gasteiger partial charge in [-0.15, -0.1) is 11.3 Å². The number of hydrogen-bond acceptors (Lipinski definition) is 6. The summed E-state index contributed by atoms with van der Waals surface area (Å²) in [7, 11) is 0. The summed E-state index contributed by atoms with van der Waals surface area (Å²) >= 11 is 1.67. The Morgan fingerprint density at radius 3 is 2.52 bits per heavy atom. The Balaban J connectivity index is 1.22. The van der Waals surface area contributed by atoms with Crippen LogP contribution >= 0.6 is 11.3 Å². The van der Waals surface area contributed by atoms with E-state index in [0.717, 1.165) is 67.4 Å². The molecule has 4 heterocycles. The molecular formula is C21H30N6OS. The highest BCUT2D eigenvalue weighted by molar-refractivity contribution is 7.13. The van der Waals surface area contributed by atoms with Crippen molar-refractivity contribution in [2.24, 2.45) is 5.92 Å². The first kappa shape index (κ1) is 19.9. The van der Waals surface area contributed by atoms with E-state index in [4.69, 9.17) is 0 Å². The Morgan fingerprint density at radius 2 is 1.90 bits per heavy atom. The summed E-state index contributed by atoms with van der Waals surface area (Å²) < 4.78 is 0. The minimum absolute atomic E-state index is 0.00550. The molecule has 0 aromatic carbocycles. The highest BCUT2D eigenvalue weighted by Gasteiger charge is 2.22. The lowest BCUT2D eigenvalue weighted by atomic mass is 9.99. The quantitative estimate of drug-likeness (QED) is 0.833. The van der Waals surface area contributed by atoms with Crippen molar-refractivity contribution in [3.05, 3.63) is 35.0 Å². The average Bonchev–Trinajstić information content (AvgIpc) is 3.19. The maximum absolute atomic E-state index is 12.5. The standard InChI is InChI=1S/C21H30N6OS/c1-16-5-7-25(8-6-16)19-4-3-18(13-22-19)14-23-20(28)26-9-11-27(12-10-26)21-24-17(2)15-29-21/h3-4,13,15-16H,5-12,14H2,1-2H3,(H,23,28). The second-order valence-electron chi connectivity index (χ2n) is 8.10. The third-order valence-electron chi connectivity index (χ3n) is 5.80. The lowest BCUT2D eigenvalue weighted by molar-refractivity contribution is 0.194. The average molecular weight is 415 g/mol. The molecule has 0 atom stereocenters. The Bertz CT molecular complexity index is 807. The number of pyridine rings is 1. The van der Waals surface area contributed by atoms with Gasteiger partial charge in [-0.25, -0.2) is 14.8 Å². The van der Waals surface area contributed by atoms with E-state index in [0.29, 0.717) is 6.54 Å². The highest BCUT2D eigenvalue weighted by Crippen LogP contribution is 2.22. The normalized spacial score (nSPS) is 18.2. The molecule has 0 bridgehead atoms. The molecule has 2 fully saturated rings. The van der Waals surface area contributed by atoms with Crippen molar-refractivity contribution < 1.29 is 4.79 Å². The van der Waals surface area contributed by atoms with Crippen molar-refractivity contribution in [2.75, 3.05) is 49.1 Å². The van der Waals surface area contributed by atoms with Gasteiger partial charge in [-0.3, -0.25) is 0 Å². The number of urea groups is 1. The molecule has 0 aliphatic carbocycles. The molecule has 0 spiro atoms. The van der Waals surface area contributed by atoms with E-state index in [1.54, 1.807) is 11.3 Å². The largest absolute Gasteiger partial charge is 0.357 e. The van der Waals surface area contributed by atoms with Crippen molar-refractivity contribution in [1.29, 1.82) is 0 Å². The molecule has 2 aliphatic heterocycles. The predicted octanol–water partition coefficient (Wildman–Crippen LogP) is 3.11. The van der Waals surface area contributed by atoms with Crippen LogP contribution in [0.15, 0.2) is 23.7 Å². The number of nitrogens with zero attached hydrogens (tertiary/aromatic N) is 5. The van der Waals surface area contributed by atoms with Gasteiger partial charge in [0.25, 0.3) is 0 Å². The van der Waals surface area contributed by atoms with E-state index < -0.39 is 0 Å². The number of amides is 2. The Morgan fingerprint density at radius 1 is 1.14 bits per heavy atom. The summed E-state index contributed by atoms with van der Waals surface area (Å²) in [6, 6.07) is 4.14. The van der Waals surface area contributed by atoms with Crippen LogP contribution < -0.4 is 15.1 Å². The fraction of sp³-hybridized carbons (Fsp3) is 0.571. The molecule has 1 N–H and O–H groups in total. The van der Waals surface area contributed by atoms with Crippen LogP contribution in [0, 0.1) is 12.8 Å². The topological polar surface area (TPSA) is 64.6 Å². The monoisotopic (exact) mass is 414 g/mol. The van der Waals surface area contributed by atoms with E-state index in [9.17, 15) is 4.79 Å². The zero-order valence-electron chi connectivity index (χ0n) is 17.3. The van der Waals surface area contributed by atoms with Gasteiger partial charge in [-0.2, -0.15) is 0 Å². The fourth-order valence-corrected chi connectivity index (χ4v) is 4.68. The number of thiazole rings is 1. The number of carbonyl (C=O) groups excluding carboxylic acids is 1. The molecule has 0 saturated carbocycles. The van der Waals surface area contributed by atoms with Gasteiger partial charge in [0.05, 0.1) is 5.69 Å². The third-order valence-corrected chi connectivity index (χ3v) is 6.82. The zero-order chi connectivity index (χ0) is 20.2. The van der Waals surface area contributed by atoms with Crippen LogP contribution in [-0.4, -0.2) is 60.2 Å². The molecule has 2 aromatic rings. The lowest BCUT2D eigenvalue weighted by Crippen LogP contribution is -2.51. The van der Waals surface area contributed by atoms with Gasteiger partial charge in [0.1, 0.15) is 5.82 Å². The number of carbonyl (C=O) groups is 1. The van der Waals surface area contributed by atoms with Crippen molar-refractivity contribution in [3.63, 3.8) is 0 Å². The number of piperazine rings is 1. The summed E-state index contributed by atoms with van der Waals surface area (Å²) in [5, 5.41) is 6.16. The van der Waals surface area contributed by atoms with Crippen molar-refractivity contribution >= 4 is 28.3 Å². The molecule has 2 amide bonds. The van der Waals surface area contributed by atoms with Crippen LogP contribution in [0.1, 0.15) is 31.0 Å². The smallest absolute Gasteiger partial charge is 0.317 e. The molecule has 156 valence electrons. The van der Waals surface area contributed by atoms with Gasteiger partial charge < -0.3 is 20.0 Å². The number of anilines is 2. The highest BCUT2D eigenvalue weighted by atomic mass is 32.1. The minimum atomic E-state index is -0.00550. The number of piperidine rings is 1. The molecular weight excluding hydrogens is 384 g/mol. The maximum atomic E-state index is 12.5. The molecule has 7 nitrogen and oxygen atoms in total. The predicted molar refractivity (Wildman–Crippen MR) is 118 cm³/mol. The molecule has 0 radical (unpaired) electrons. The molecule has 4 rings (SSSR count). The molecule has 2 saturated heterocycles. The molecule has 2 aliphatic rings. The number of aryl methyl sites for hydroxylation is 1. The number of hydrogen-bond donors (Lipinski definition) is 1. The first-order valence-corrected chi connectivity index (χ1v) is 11.4. The van der Waals surface area contributed by atoms with E-state index in [1.807, 2.05) is 18.0 Å². The second-order valence-corrected chi connectivity index (χ2v) is 8.94. The fourth-order valence-electron chi connectivity index (χ4n) is 3.82. The summed E-state index contributed by atoms with van der Waals surface area (Å²) in [6.07, 6.45) is 4.35. The van der Waals surface area contributed by atoms with Crippen LogP contribution in [0.3, 0.4) is 0 Å². The third kappa shape index (κ3) is 4.98. The van der Waals surface area contributed by atoms with Crippen molar-refractivity contribution in [1.82, 2.24) is 20.2 Å². The van der Waals surface area contributed by atoms with Crippen molar-refractivity contribution in [3.8, 4) is 0 Å². The van der Waals surface area contributed by atoms with Crippen molar-refractivity contribution in [2.45, 2.75) is 33.2 Å². The van der Waals surface area contributed by atoms with Gasteiger partial charge in [0.2, 0.25) is 0 Å². The molecule has 2 aromatic heterocycles. The van der Waals surface area contributed by atoms with Gasteiger partial charge in [0.15, 0.2) is 5.13 Å². The lowest BCUT2D eigenvalue weighted by Gasteiger charge is -2.34. The summed E-state index contributed by atoms with van der Waals surface area (Å²) in [6.45, 7) is 10.1. The second kappa shape index (κ2) is 8.98. The first-order valence-electron chi connectivity index (χ1n) is 10.5. The van der Waals surface area contributed by atoms with E-state index in [1.165, 1.54) is 12.8 Å². The Labute approximate surface area is 176 Å². The van der Waals surface area contributed by atoms with Crippen LogP contribution in [0.4, 0.5) is 15.7 Å². The van der Waals surface area contributed by atoms with Crippen LogP contribution in [-0.2, 0) is 6.54 Å². The van der Waals surface area contributed by atoms with E-state index in [-0.39, 0.29) is 6.03 Å². The minimum Gasteiger partial charge on any atom is -0.357 e. The van der Waals surface area contributed by atoms with Gasteiger partial charge >= 0.3 is 6.03 Å². The van der Waals surface area contributed by atoms with Gasteiger partial charge in [0, 0.05) is 57.4 Å². The van der Waals surface area contributed by atoms with E-state index >= 15 is 0 Å². The summed E-state index contributed by atoms with van der Waals surface area (Å²) in [5.74, 6) is 1.86. The summed E-state index contributed by atoms with van der Waals surface area (Å²) in [5.41, 5.74) is 2.09. The molecule has 0 unspecified atom stereocenters. The summed E-state index contributed by atoms with van der Waals surface area (Å²) in [4.78, 5) is 28.2. The maximum Gasteiger partial charge on any atom is 0.317 e. The molecule has 8 heteroatoms.